The van der Waals surface area contributed by atoms with E-state index >= 15 is 0 Å². The highest BCUT2D eigenvalue weighted by Crippen LogP contribution is 2.29. The molecule has 0 bridgehead atoms. The van der Waals surface area contributed by atoms with Crippen LogP contribution >= 0.6 is 0 Å². The molecule has 0 aliphatic heterocycles. The molecule has 2 rings (SSSR count). The molecular weight excluding hydrogens is 206 g/mol. The fourth-order valence-electron chi connectivity index (χ4n) is 2.46. The quantitative estimate of drug-likeness (QED) is 0.732. The van der Waals surface area contributed by atoms with Crippen LogP contribution in [0.1, 0.15) is 43.7 Å². The molecule has 1 aromatic carbocycles. The Labute approximate surface area is 104 Å². The maximum absolute atomic E-state index is 9.01. The Morgan fingerprint density at radius 1 is 1.18 bits per heavy atom. The zero-order valence-corrected chi connectivity index (χ0v) is 10.4. The third kappa shape index (κ3) is 3.20. The summed E-state index contributed by atoms with van der Waals surface area (Å²) >= 11 is 0. The number of rotatable bonds is 2. The van der Waals surface area contributed by atoms with E-state index in [-0.39, 0.29) is 0 Å². The minimum Gasteiger partial charge on any atom is -0.192 e. The summed E-state index contributed by atoms with van der Waals surface area (Å²) < 4.78 is 0. The molecular formula is C16H19N. The van der Waals surface area contributed by atoms with Gasteiger partial charge in [0, 0.05) is 0 Å². The van der Waals surface area contributed by atoms with Crippen molar-refractivity contribution in [2.75, 3.05) is 0 Å². The average Bonchev–Trinajstić information content (AvgIpc) is 2.38. The Hall–Kier alpha value is -1.55. The molecule has 0 aromatic heterocycles. The van der Waals surface area contributed by atoms with Crippen LogP contribution in [-0.4, -0.2) is 0 Å². The highest BCUT2D eigenvalue weighted by Gasteiger charge is 2.15. The number of nitriles is 1. The van der Waals surface area contributed by atoms with Crippen LogP contribution in [0.15, 0.2) is 30.3 Å². The number of allylic oxidation sites excluding steroid dienone is 1. The summed E-state index contributed by atoms with van der Waals surface area (Å²) in [6.45, 7) is 2.34. The van der Waals surface area contributed by atoms with Gasteiger partial charge in [-0.15, -0.1) is 0 Å². The molecule has 0 N–H and O–H groups in total. The molecule has 1 aliphatic rings. The van der Waals surface area contributed by atoms with Crippen LogP contribution in [0.25, 0.3) is 6.08 Å². The monoisotopic (exact) mass is 225 g/mol. The van der Waals surface area contributed by atoms with Crippen LogP contribution < -0.4 is 0 Å². The van der Waals surface area contributed by atoms with Gasteiger partial charge in [0.15, 0.2) is 0 Å². The van der Waals surface area contributed by atoms with Crippen LogP contribution in [-0.2, 0) is 0 Å². The molecule has 1 saturated carbocycles. The van der Waals surface area contributed by atoms with Gasteiger partial charge in [-0.1, -0.05) is 50.1 Å². The van der Waals surface area contributed by atoms with Gasteiger partial charge >= 0.3 is 0 Å². The normalized spacial score (nSPS) is 24.7. The first-order valence-electron chi connectivity index (χ1n) is 6.47. The van der Waals surface area contributed by atoms with Gasteiger partial charge in [-0.3, -0.25) is 0 Å². The van der Waals surface area contributed by atoms with Crippen LogP contribution in [0.5, 0.6) is 0 Å². The maximum Gasteiger partial charge on any atom is 0.0997 e. The van der Waals surface area contributed by atoms with E-state index in [0.29, 0.717) is 5.92 Å². The topological polar surface area (TPSA) is 23.8 Å². The summed E-state index contributed by atoms with van der Waals surface area (Å²) in [5, 5.41) is 9.01. The first-order valence-corrected chi connectivity index (χ1v) is 6.47. The Bertz CT molecular complexity index is 431. The molecule has 1 heteroatoms. The first-order chi connectivity index (χ1) is 8.29. The molecule has 0 radical (unpaired) electrons. The molecule has 0 atom stereocenters. The van der Waals surface area contributed by atoms with E-state index in [1.165, 1.54) is 25.7 Å². The van der Waals surface area contributed by atoms with Crippen LogP contribution in [0.3, 0.4) is 0 Å². The summed E-state index contributed by atoms with van der Waals surface area (Å²) in [6.07, 6.45) is 9.70. The van der Waals surface area contributed by atoms with Crippen molar-refractivity contribution in [1.29, 1.82) is 5.26 Å². The molecule has 0 spiro atoms. The fourth-order valence-corrected chi connectivity index (χ4v) is 2.46. The van der Waals surface area contributed by atoms with Gasteiger partial charge in [0.1, 0.15) is 0 Å². The smallest absolute Gasteiger partial charge is 0.0997 e. The van der Waals surface area contributed by atoms with Crippen LogP contribution in [0.2, 0.25) is 0 Å². The lowest BCUT2D eigenvalue weighted by Crippen LogP contribution is -2.09. The third-order valence-corrected chi connectivity index (χ3v) is 3.69. The van der Waals surface area contributed by atoms with Crippen molar-refractivity contribution in [3.63, 3.8) is 0 Å². The fraction of sp³-hybridized carbons (Fsp3) is 0.438. The summed E-state index contributed by atoms with van der Waals surface area (Å²) in [7, 11) is 0. The van der Waals surface area contributed by atoms with Crippen LogP contribution in [0, 0.1) is 23.2 Å². The number of hydrogen-bond acceptors (Lipinski definition) is 1. The highest BCUT2D eigenvalue weighted by molar-refractivity contribution is 5.57. The van der Waals surface area contributed by atoms with Gasteiger partial charge in [0.25, 0.3) is 0 Å². The molecule has 0 heterocycles. The molecule has 1 aliphatic carbocycles. The van der Waals surface area contributed by atoms with Crippen molar-refractivity contribution in [3.8, 4) is 6.07 Å². The van der Waals surface area contributed by atoms with E-state index < -0.39 is 0 Å². The second kappa shape index (κ2) is 5.68. The Kier molecular flexibility index (Phi) is 3.98. The predicted molar refractivity (Wildman–Crippen MR) is 71.3 cm³/mol. The third-order valence-electron chi connectivity index (χ3n) is 3.69. The molecule has 17 heavy (non-hydrogen) atoms. The molecule has 88 valence electrons. The molecule has 1 aromatic rings. The largest absolute Gasteiger partial charge is 0.192 e. The van der Waals surface area contributed by atoms with Crippen molar-refractivity contribution in [2.45, 2.75) is 32.6 Å². The highest BCUT2D eigenvalue weighted by atomic mass is 14.2. The lowest BCUT2D eigenvalue weighted by Gasteiger charge is -2.23. The predicted octanol–water partition coefficient (Wildman–Crippen LogP) is 4.40. The number of nitrogens with zero attached hydrogens (tertiary/aromatic N) is 1. The van der Waals surface area contributed by atoms with E-state index in [9.17, 15) is 0 Å². The lowest BCUT2D eigenvalue weighted by atomic mass is 9.82. The van der Waals surface area contributed by atoms with Crippen molar-refractivity contribution < 1.29 is 0 Å². The SMILES string of the molecule is CC1CCC(/C=C/c2ccccc2C#N)CC1. The van der Waals surface area contributed by atoms with Gasteiger partial charge in [-0.05, 0) is 36.3 Å². The van der Waals surface area contributed by atoms with Gasteiger partial charge in [-0.25, -0.2) is 0 Å². The van der Waals surface area contributed by atoms with Gasteiger partial charge in [0.2, 0.25) is 0 Å². The minimum absolute atomic E-state index is 0.706. The summed E-state index contributed by atoms with van der Waals surface area (Å²) in [6, 6.07) is 10.0. The molecule has 0 amide bonds. The second-order valence-corrected chi connectivity index (χ2v) is 5.08. The molecule has 1 fully saturated rings. The standard InChI is InChI=1S/C16H19N/c1-13-6-8-14(9-7-13)10-11-15-4-2-3-5-16(15)12-17/h2-5,10-11,13-14H,6-9H2,1H3/b11-10+. The van der Waals surface area contributed by atoms with Crippen molar-refractivity contribution in [3.05, 3.63) is 41.5 Å². The van der Waals surface area contributed by atoms with Crippen molar-refractivity contribution in [1.82, 2.24) is 0 Å². The van der Waals surface area contributed by atoms with Crippen molar-refractivity contribution in [2.24, 2.45) is 11.8 Å². The van der Waals surface area contributed by atoms with Gasteiger partial charge in [0.05, 0.1) is 11.6 Å². The second-order valence-electron chi connectivity index (χ2n) is 5.08. The molecule has 1 nitrogen and oxygen atoms in total. The van der Waals surface area contributed by atoms with E-state index in [0.717, 1.165) is 17.0 Å². The summed E-state index contributed by atoms with van der Waals surface area (Å²) in [5.74, 6) is 1.60. The van der Waals surface area contributed by atoms with Crippen molar-refractivity contribution >= 4 is 6.08 Å². The minimum atomic E-state index is 0.706. The summed E-state index contributed by atoms with van der Waals surface area (Å²) in [5.41, 5.74) is 1.82. The van der Waals surface area contributed by atoms with E-state index in [4.69, 9.17) is 5.26 Å². The maximum atomic E-state index is 9.01. The van der Waals surface area contributed by atoms with E-state index in [1.807, 2.05) is 24.3 Å². The zero-order valence-electron chi connectivity index (χ0n) is 10.4. The number of hydrogen-bond donors (Lipinski definition) is 0. The zero-order chi connectivity index (χ0) is 12.1. The van der Waals surface area contributed by atoms with E-state index in [1.54, 1.807) is 0 Å². The lowest BCUT2D eigenvalue weighted by molar-refractivity contribution is 0.331. The van der Waals surface area contributed by atoms with Gasteiger partial charge < -0.3 is 0 Å². The average molecular weight is 225 g/mol. The van der Waals surface area contributed by atoms with Gasteiger partial charge in [-0.2, -0.15) is 5.26 Å². The summed E-state index contributed by atoms with van der Waals surface area (Å²) in [4.78, 5) is 0. The molecule has 0 unspecified atom stereocenters. The number of benzene rings is 1. The van der Waals surface area contributed by atoms with E-state index in [2.05, 4.69) is 25.1 Å². The molecule has 0 saturated heterocycles. The Morgan fingerprint density at radius 3 is 2.59 bits per heavy atom. The first kappa shape index (κ1) is 11.9. The Morgan fingerprint density at radius 2 is 1.88 bits per heavy atom. The van der Waals surface area contributed by atoms with Crippen LogP contribution in [0.4, 0.5) is 0 Å². The Balaban J connectivity index is 2.03.